The minimum Gasteiger partial charge on any atom is -0.409 e. The van der Waals surface area contributed by atoms with E-state index in [2.05, 4.69) is 6.92 Å². The lowest BCUT2D eigenvalue weighted by Crippen LogP contribution is -2.35. The number of hydrogen-bond acceptors (Lipinski definition) is 4. The van der Waals surface area contributed by atoms with Crippen LogP contribution in [-0.2, 0) is 18.6 Å². The van der Waals surface area contributed by atoms with Crippen molar-refractivity contribution in [3.63, 3.8) is 0 Å². The standard InChI is InChI=1S/C7H14B2O4/c1-2-7(8-10-3-4-11-8)9-12-5-6-13-9/h7H,2-6H2,1H3. The van der Waals surface area contributed by atoms with E-state index in [0.29, 0.717) is 26.4 Å². The summed E-state index contributed by atoms with van der Waals surface area (Å²) >= 11 is 0. The maximum atomic E-state index is 5.44. The quantitative estimate of drug-likeness (QED) is 0.593. The van der Waals surface area contributed by atoms with Crippen LogP contribution in [0.3, 0.4) is 0 Å². The minimum absolute atomic E-state index is 0.131. The zero-order valence-corrected chi connectivity index (χ0v) is 7.90. The third kappa shape index (κ3) is 2.07. The Bertz CT molecular complexity index is 141. The average Bonchev–Trinajstić information content (AvgIpc) is 2.76. The van der Waals surface area contributed by atoms with Gasteiger partial charge in [0.15, 0.2) is 0 Å². The lowest BCUT2D eigenvalue weighted by molar-refractivity contribution is 0.330. The van der Waals surface area contributed by atoms with Gasteiger partial charge in [-0.05, 0) is 0 Å². The van der Waals surface area contributed by atoms with E-state index in [1.165, 1.54) is 0 Å². The largest absolute Gasteiger partial charge is 0.457 e. The Morgan fingerprint density at radius 1 is 0.923 bits per heavy atom. The topological polar surface area (TPSA) is 36.9 Å². The summed E-state index contributed by atoms with van der Waals surface area (Å²) in [5.41, 5.74) is 0.213. The molecule has 13 heavy (non-hydrogen) atoms. The molecule has 2 aliphatic rings. The highest BCUT2D eigenvalue weighted by Gasteiger charge is 2.44. The van der Waals surface area contributed by atoms with Crippen LogP contribution < -0.4 is 0 Å². The first-order valence-electron chi connectivity index (χ1n) is 4.88. The molecule has 2 rings (SSSR count). The molecule has 0 aromatic carbocycles. The van der Waals surface area contributed by atoms with E-state index >= 15 is 0 Å². The van der Waals surface area contributed by atoms with Crippen molar-refractivity contribution in [2.24, 2.45) is 0 Å². The van der Waals surface area contributed by atoms with E-state index in [9.17, 15) is 0 Å². The molecule has 2 aliphatic heterocycles. The van der Waals surface area contributed by atoms with Crippen LogP contribution in [-0.4, -0.2) is 40.7 Å². The van der Waals surface area contributed by atoms with Gasteiger partial charge in [-0.25, -0.2) is 0 Å². The van der Waals surface area contributed by atoms with Gasteiger partial charge in [0, 0.05) is 5.72 Å². The third-order valence-corrected chi connectivity index (χ3v) is 2.47. The summed E-state index contributed by atoms with van der Waals surface area (Å²) in [6.45, 7) is 4.85. The maximum Gasteiger partial charge on any atom is 0.457 e. The average molecular weight is 184 g/mol. The fourth-order valence-corrected chi connectivity index (χ4v) is 1.76. The van der Waals surface area contributed by atoms with Crippen molar-refractivity contribution in [3.05, 3.63) is 0 Å². The predicted octanol–water partition coefficient (Wildman–Crippen LogP) is 0.376. The van der Waals surface area contributed by atoms with Gasteiger partial charge in [-0.3, -0.25) is 0 Å². The Morgan fingerprint density at radius 3 is 1.62 bits per heavy atom. The molecule has 6 heteroatoms. The molecule has 0 aromatic heterocycles. The fourth-order valence-electron chi connectivity index (χ4n) is 1.76. The highest BCUT2D eigenvalue weighted by atomic mass is 16.7. The smallest absolute Gasteiger partial charge is 0.409 e. The lowest BCUT2D eigenvalue weighted by Gasteiger charge is -2.17. The van der Waals surface area contributed by atoms with Gasteiger partial charge in [-0.1, -0.05) is 13.3 Å². The zero-order chi connectivity index (χ0) is 9.10. The normalized spacial score (nSPS) is 23.5. The molecular weight excluding hydrogens is 170 g/mol. The second-order valence-electron chi connectivity index (χ2n) is 3.29. The molecule has 0 aromatic rings. The van der Waals surface area contributed by atoms with Crippen molar-refractivity contribution in [1.29, 1.82) is 0 Å². The highest BCUT2D eigenvalue weighted by molar-refractivity contribution is 6.68. The number of rotatable bonds is 3. The van der Waals surface area contributed by atoms with Crippen molar-refractivity contribution in [3.8, 4) is 0 Å². The van der Waals surface area contributed by atoms with Gasteiger partial charge in [0.2, 0.25) is 0 Å². The molecule has 0 aliphatic carbocycles. The Morgan fingerprint density at radius 2 is 1.31 bits per heavy atom. The van der Waals surface area contributed by atoms with Crippen LogP contribution >= 0.6 is 0 Å². The summed E-state index contributed by atoms with van der Waals surface area (Å²) < 4.78 is 21.7. The third-order valence-electron chi connectivity index (χ3n) is 2.47. The molecule has 0 radical (unpaired) electrons. The van der Waals surface area contributed by atoms with E-state index in [1.807, 2.05) is 0 Å². The van der Waals surface area contributed by atoms with Gasteiger partial charge in [0.1, 0.15) is 0 Å². The van der Waals surface area contributed by atoms with E-state index in [4.69, 9.17) is 18.6 Å². The SMILES string of the molecule is CCC(B1OCCO1)B1OCCO1. The number of hydrogen-bond donors (Lipinski definition) is 0. The van der Waals surface area contributed by atoms with Gasteiger partial charge >= 0.3 is 14.2 Å². The Kier molecular flexibility index (Phi) is 3.27. The van der Waals surface area contributed by atoms with Crippen LogP contribution in [0.2, 0.25) is 5.72 Å². The van der Waals surface area contributed by atoms with Crippen molar-refractivity contribution < 1.29 is 18.6 Å². The fraction of sp³-hybridized carbons (Fsp3) is 1.00. The summed E-state index contributed by atoms with van der Waals surface area (Å²) in [5.74, 6) is 0. The van der Waals surface area contributed by atoms with Crippen molar-refractivity contribution >= 4 is 14.2 Å². The molecule has 0 N–H and O–H groups in total. The van der Waals surface area contributed by atoms with Gasteiger partial charge in [0.25, 0.3) is 0 Å². The van der Waals surface area contributed by atoms with Crippen LogP contribution in [0.5, 0.6) is 0 Å². The van der Waals surface area contributed by atoms with Crippen LogP contribution in [0, 0.1) is 0 Å². The molecule has 0 unspecified atom stereocenters. The second kappa shape index (κ2) is 4.46. The zero-order valence-electron chi connectivity index (χ0n) is 7.90. The molecule has 2 saturated heterocycles. The molecule has 0 saturated carbocycles. The monoisotopic (exact) mass is 184 g/mol. The predicted molar refractivity (Wildman–Crippen MR) is 49.4 cm³/mol. The Hall–Kier alpha value is -0.0301. The van der Waals surface area contributed by atoms with Gasteiger partial charge < -0.3 is 18.6 Å². The van der Waals surface area contributed by atoms with Crippen LogP contribution in [0.15, 0.2) is 0 Å². The van der Waals surface area contributed by atoms with E-state index in [0.717, 1.165) is 6.42 Å². The molecule has 0 spiro atoms. The molecule has 0 atom stereocenters. The molecule has 2 fully saturated rings. The molecule has 0 amide bonds. The second-order valence-corrected chi connectivity index (χ2v) is 3.29. The molecule has 4 nitrogen and oxygen atoms in total. The van der Waals surface area contributed by atoms with Crippen LogP contribution in [0.25, 0.3) is 0 Å². The van der Waals surface area contributed by atoms with E-state index in [-0.39, 0.29) is 20.0 Å². The van der Waals surface area contributed by atoms with E-state index < -0.39 is 0 Å². The maximum absolute atomic E-state index is 5.44. The molecule has 0 bridgehead atoms. The van der Waals surface area contributed by atoms with Gasteiger partial charge in [-0.15, -0.1) is 0 Å². The first-order valence-corrected chi connectivity index (χ1v) is 4.88. The highest BCUT2D eigenvalue weighted by Crippen LogP contribution is 2.26. The molecular formula is C7H14B2O4. The summed E-state index contributed by atoms with van der Waals surface area (Å²) in [7, 11) is -0.263. The summed E-state index contributed by atoms with van der Waals surface area (Å²) in [5, 5.41) is 0. The first-order chi connectivity index (χ1) is 6.42. The minimum atomic E-state index is -0.131. The van der Waals surface area contributed by atoms with Crippen LogP contribution in [0.4, 0.5) is 0 Å². The van der Waals surface area contributed by atoms with Crippen molar-refractivity contribution in [2.45, 2.75) is 19.1 Å². The summed E-state index contributed by atoms with van der Waals surface area (Å²) in [4.78, 5) is 0. The van der Waals surface area contributed by atoms with Gasteiger partial charge in [-0.2, -0.15) is 0 Å². The summed E-state index contributed by atoms with van der Waals surface area (Å²) in [6.07, 6.45) is 0.954. The van der Waals surface area contributed by atoms with Crippen molar-refractivity contribution in [1.82, 2.24) is 0 Å². The lowest BCUT2D eigenvalue weighted by atomic mass is 9.51. The van der Waals surface area contributed by atoms with Crippen LogP contribution in [0.1, 0.15) is 13.3 Å². The summed E-state index contributed by atoms with van der Waals surface area (Å²) in [6, 6.07) is 0. The molecule has 2 heterocycles. The Balaban J connectivity index is 1.90. The van der Waals surface area contributed by atoms with Crippen molar-refractivity contribution in [2.75, 3.05) is 26.4 Å². The molecule has 72 valence electrons. The van der Waals surface area contributed by atoms with E-state index in [1.54, 1.807) is 0 Å². The first kappa shape index (κ1) is 9.52. The Labute approximate surface area is 79.2 Å². The van der Waals surface area contributed by atoms with Gasteiger partial charge in [0.05, 0.1) is 26.4 Å².